The van der Waals surface area contributed by atoms with Gasteiger partial charge in [-0.15, -0.1) is 0 Å². The predicted octanol–water partition coefficient (Wildman–Crippen LogP) is 1.06. The Hall–Kier alpha value is -1.40. The molecule has 0 aliphatic carbocycles. The number of fused-ring (bicyclic) bond motifs is 1. The minimum absolute atomic E-state index is 0.0351. The van der Waals surface area contributed by atoms with Gasteiger partial charge in [0.1, 0.15) is 9.84 Å². The Morgan fingerprint density at radius 2 is 2.14 bits per heavy atom. The Labute approximate surface area is 126 Å². The van der Waals surface area contributed by atoms with Crippen LogP contribution in [-0.2, 0) is 16.3 Å². The van der Waals surface area contributed by atoms with E-state index < -0.39 is 9.84 Å². The molecule has 0 saturated carbocycles. The largest absolute Gasteiger partial charge is 0.352 e. The molecule has 6 heteroatoms. The first-order chi connectivity index (χ1) is 9.90. The van der Waals surface area contributed by atoms with Crippen molar-refractivity contribution >= 4 is 15.7 Å². The van der Waals surface area contributed by atoms with Crippen LogP contribution in [0.25, 0.3) is 0 Å². The molecule has 0 saturated heterocycles. The lowest BCUT2D eigenvalue weighted by Gasteiger charge is -2.22. The Morgan fingerprint density at radius 3 is 2.81 bits per heavy atom. The van der Waals surface area contributed by atoms with Crippen LogP contribution in [-0.4, -0.2) is 39.4 Å². The van der Waals surface area contributed by atoms with Crippen molar-refractivity contribution in [1.29, 1.82) is 0 Å². The molecule has 0 aromatic heterocycles. The summed E-state index contributed by atoms with van der Waals surface area (Å²) in [6.45, 7) is 3.43. The highest BCUT2D eigenvalue weighted by atomic mass is 32.2. The lowest BCUT2D eigenvalue weighted by atomic mass is 9.95. The summed E-state index contributed by atoms with van der Waals surface area (Å²) < 4.78 is 23.2. The quantitative estimate of drug-likeness (QED) is 0.824. The van der Waals surface area contributed by atoms with Gasteiger partial charge in [0.25, 0.3) is 5.91 Å². The van der Waals surface area contributed by atoms with Gasteiger partial charge in [-0.05, 0) is 36.6 Å². The number of carbonyl (C=O) groups excluding carboxylic acids is 1. The molecular weight excluding hydrogens is 288 g/mol. The first kappa shape index (κ1) is 16.0. The summed E-state index contributed by atoms with van der Waals surface area (Å²) in [5, 5.41) is 6.07. The van der Waals surface area contributed by atoms with Crippen LogP contribution in [0.1, 0.15) is 40.9 Å². The SMILES string of the molecule is CCCNC(CS(C)(=O)=O)c1ccc2c(c1)C(=O)NCC2. The van der Waals surface area contributed by atoms with Gasteiger partial charge in [-0.2, -0.15) is 0 Å². The average molecular weight is 310 g/mol. The molecule has 1 amide bonds. The zero-order valence-electron chi connectivity index (χ0n) is 12.5. The van der Waals surface area contributed by atoms with E-state index in [9.17, 15) is 13.2 Å². The van der Waals surface area contributed by atoms with Gasteiger partial charge in [-0.3, -0.25) is 4.79 Å². The lowest BCUT2D eigenvalue weighted by Crippen LogP contribution is -2.33. The molecule has 21 heavy (non-hydrogen) atoms. The van der Waals surface area contributed by atoms with E-state index in [4.69, 9.17) is 0 Å². The van der Waals surface area contributed by atoms with Gasteiger partial charge in [-0.25, -0.2) is 8.42 Å². The molecule has 1 unspecified atom stereocenters. The molecule has 0 bridgehead atoms. The van der Waals surface area contributed by atoms with Crippen LogP contribution in [0.3, 0.4) is 0 Å². The van der Waals surface area contributed by atoms with Crippen LogP contribution in [0.5, 0.6) is 0 Å². The number of rotatable bonds is 6. The predicted molar refractivity (Wildman–Crippen MR) is 83.2 cm³/mol. The highest BCUT2D eigenvalue weighted by Crippen LogP contribution is 2.21. The summed E-state index contributed by atoms with van der Waals surface area (Å²) in [5.74, 6) is -0.0420. The second kappa shape index (κ2) is 6.58. The number of amides is 1. The molecule has 1 atom stereocenters. The van der Waals surface area contributed by atoms with Crippen LogP contribution >= 0.6 is 0 Å². The van der Waals surface area contributed by atoms with E-state index in [1.165, 1.54) is 6.26 Å². The van der Waals surface area contributed by atoms with Gasteiger partial charge in [0.15, 0.2) is 0 Å². The molecule has 116 valence electrons. The Balaban J connectivity index is 2.31. The minimum atomic E-state index is -3.10. The van der Waals surface area contributed by atoms with Gasteiger partial charge in [0, 0.05) is 24.4 Å². The number of hydrogen-bond donors (Lipinski definition) is 2. The molecule has 0 fully saturated rings. The smallest absolute Gasteiger partial charge is 0.251 e. The number of nitrogens with one attached hydrogen (secondary N) is 2. The van der Waals surface area contributed by atoms with E-state index >= 15 is 0 Å². The number of hydrogen-bond acceptors (Lipinski definition) is 4. The first-order valence-electron chi connectivity index (χ1n) is 7.23. The molecule has 0 spiro atoms. The van der Waals surface area contributed by atoms with E-state index in [0.29, 0.717) is 12.1 Å². The van der Waals surface area contributed by atoms with Crippen LogP contribution < -0.4 is 10.6 Å². The van der Waals surface area contributed by atoms with Gasteiger partial charge in [-0.1, -0.05) is 19.1 Å². The van der Waals surface area contributed by atoms with Crippen molar-refractivity contribution in [2.45, 2.75) is 25.8 Å². The summed E-state index contributed by atoms with van der Waals surface area (Å²) >= 11 is 0. The third-order valence-electron chi connectivity index (χ3n) is 3.57. The topological polar surface area (TPSA) is 75.3 Å². The molecule has 1 aromatic carbocycles. The number of sulfone groups is 1. The third kappa shape index (κ3) is 4.28. The molecule has 2 N–H and O–H groups in total. The number of carbonyl (C=O) groups is 1. The zero-order chi connectivity index (χ0) is 15.5. The highest BCUT2D eigenvalue weighted by Gasteiger charge is 2.21. The Bertz CT molecular complexity index is 626. The Morgan fingerprint density at radius 1 is 1.38 bits per heavy atom. The highest BCUT2D eigenvalue weighted by molar-refractivity contribution is 7.90. The van der Waals surface area contributed by atoms with Crippen molar-refractivity contribution in [1.82, 2.24) is 10.6 Å². The molecule has 1 aromatic rings. The van der Waals surface area contributed by atoms with Crippen LogP contribution in [0.2, 0.25) is 0 Å². The molecule has 2 rings (SSSR count). The van der Waals surface area contributed by atoms with Crippen molar-refractivity contribution in [3.63, 3.8) is 0 Å². The molecule has 1 aliphatic rings. The van der Waals surface area contributed by atoms with E-state index in [2.05, 4.69) is 10.6 Å². The van der Waals surface area contributed by atoms with Crippen molar-refractivity contribution < 1.29 is 13.2 Å². The summed E-state index contributed by atoms with van der Waals surface area (Å²) in [5.41, 5.74) is 2.54. The van der Waals surface area contributed by atoms with Crippen molar-refractivity contribution in [3.8, 4) is 0 Å². The van der Waals surface area contributed by atoms with Crippen LogP contribution in [0, 0.1) is 0 Å². The van der Waals surface area contributed by atoms with Gasteiger partial charge in [0.05, 0.1) is 5.75 Å². The summed E-state index contributed by atoms with van der Waals surface area (Å²) in [7, 11) is -3.10. The van der Waals surface area contributed by atoms with Crippen LogP contribution in [0.4, 0.5) is 0 Å². The van der Waals surface area contributed by atoms with Gasteiger partial charge >= 0.3 is 0 Å². The van der Waals surface area contributed by atoms with Crippen LogP contribution in [0.15, 0.2) is 18.2 Å². The summed E-state index contributed by atoms with van der Waals surface area (Å²) in [6.07, 6.45) is 2.98. The maximum atomic E-state index is 11.9. The molecular formula is C15H22N2O3S. The van der Waals surface area contributed by atoms with E-state index in [0.717, 1.165) is 30.5 Å². The monoisotopic (exact) mass is 310 g/mol. The van der Waals surface area contributed by atoms with Gasteiger partial charge < -0.3 is 10.6 Å². The van der Waals surface area contributed by atoms with Crippen molar-refractivity contribution in [2.24, 2.45) is 0 Å². The minimum Gasteiger partial charge on any atom is -0.352 e. The fraction of sp³-hybridized carbons (Fsp3) is 0.533. The zero-order valence-corrected chi connectivity index (χ0v) is 13.3. The van der Waals surface area contributed by atoms with E-state index in [1.807, 2.05) is 25.1 Å². The average Bonchev–Trinajstić information content (AvgIpc) is 2.42. The molecule has 0 radical (unpaired) electrons. The second-order valence-electron chi connectivity index (χ2n) is 5.52. The second-order valence-corrected chi connectivity index (χ2v) is 7.71. The summed E-state index contributed by atoms with van der Waals surface area (Å²) in [6, 6.07) is 5.41. The maximum absolute atomic E-state index is 11.9. The first-order valence-corrected chi connectivity index (χ1v) is 9.29. The third-order valence-corrected chi connectivity index (χ3v) is 4.51. The molecule has 1 aliphatic heterocycles. The Kier molecular flexibility index (Phi) is 5.00. The maximum Gasteiger partial charge on any atom is 0.251 e. The fourth-order valence-electron chi connectivity index (χ4n) is 2.54. The normalized spacial score (nSPS) is 16.2. The van der Waals surface area contributed by atoms with Gasteiger partial charge in [0.2, 0.25) is 0 Å². The van der Waals surface area contributed by atoms with Crippen molar-refractivity contribution in [2.75, 3.05) is 25.1 Å². The van der Waals surface area contributed by atoms with Crippen molar-refractivity contribution in [3.05, 3.63) is 34.9 Å². The number of benzene rings is 1. The lowest BCUT2D eigenvalue weighted by molar-refractivity contribution is 0.0946. The van der Waals surface area contributed by atoms with E-state index in [1.54, 1.807) is 0 Å². The van der Waals surface area contributed by atoms with E-state index in [-0.39, 0.29) is 17.7 Å². The standard InChI is InChI=1S/C15H22N2O3S/c1-3-7-16-14(10-21(2,19)20)12-5-4-11-6-8-17-15(18)13(11)9-12/h4-5,9,14,16H,3,6-8,10H2,1-2H3,(H,17,18). The molecule has 1 heterocycles. The fourth-order valence-corrected chi connectivity index (χ4v) is 3.46. The summed E-state index contributed by atoms with van der Waals surface area (Å²) in [4.78, 5) is 11.9. The molecule has 5 nitrogen and oxygen atoms in total.